The number of hydrogen-bond acceptors (Lipinski definition) is 2. The quantitative estimate of drug-likeness (QED) is 0.576. The van der Waals surface area contributed by atoms with Gasteiger partial charge in [-0.3, -0.25) is 0 Å². The molecule has 0 bridgehead atoms. The molecule has 0 aromatic heterocycles. The molecular weight excluding hydrogens is 154 g/mol. The van der Waals surface area contributed by atoms with E-state index in [0.29, 0.717) is 6.54 Å². The Morgan fingerprint density at radius 1 is 1.58 bits per heavy atom. The summed E-state index contributed by atoms with van der Waals surface area (Å²) in [6.45, 7) is 6.67. The molecule has 2 amide bonds. The second-order valence-corrected chi connectivity index (χ2v) is 3.76. The zero-order valence-corrected chi connectivity index (χ0v) is 8.05. The van der Waals surface area contributed by atoms with Crippen LogP contribution in [0.3, 0.4) is 0 Å². The first-order valence-corrected chi connectivity index (χ1v) is 4.16. The van der Waals surface area contributed by atoms with E-state index < -0.39 is 6.03 Å². The van der Waals surface area contributed by atoms with E-state index in [2.05, 4.69) is 19.2 Å². The first kappa shape index (κ1) is 11.2. The standard InChI is InChI=1S/C8H19N3O/c1-6(11-7(10)12)8(2,3)4-5-9/h6H,4-5,9H2,1-3H3,(H3,10,11,12). The van der Waals surface area contributed by atoms with Crippen molar-refractivity contribution < 1.29 is 4.79 Å². The van der Waals surface area contributed by atoms with Crippen LogP contribution in [0.4, 0.5) is 4.79 Å². The van der Waals surface area contributed by atoms with Gasteiger partial charge in [-0.25, -0.2) is 4.79 Å². The summed E-state index contributed by atoms with van der Waals surface area (Å²) < 4.78 is 0. The molecule has 0 radical (unpaired) electrons. The summed E-state index contributed by atoms with van der Waals surface area (Å²) in [6, 6.07) is -0.425. The first-order chi connectivity index (χ1) is 5.40. The Labute approximate surface area is 73.7 Å². The average Bonchev–Trinajstić information content (AvgIpc) is 1.85. The van der Waals surface area contributed by atoms with Crippen LogP contribution in [0.25, 0.3) is 0 Å². The smallest absolute Gasteiger partial charge is 0.312 e. The lowest BCUT2D eigenvalue weighted by molar-refractivity contribution is 0.217. The van der Waals surface area contributed by atoms with E-state index in [4.69, 9.17) is 11.5 Å². The van der Waals surface area contributed by atoms with Gasteiger partial charge < -0.3 is 16.8 Å². The SMILES string of the molecule is CC(NC(N)=O)C(C)(C)CCN. The summed E-state index contributed by atoms with van der Waals surface area (Å²) in [5, 5.41) is 2.65. The molecule has 0 rings (SSSR count). The van der Waals surface area contributed by atoms with Gasteiger partial charge in [-0.2, -0.15) is 0 Å². The number of rotatable bonds is 4. The van der Waals surface area contributed by atoms with E-state index in [0.717, 1.165) is 6.42 Å². The Kier molecular flexibility index (Phi) is 4.03. The van der Waals surface area contributed by atoms with Crippen molar-refractivity contribution in [2.24, 2.45) is 16.9 Å². The summed E-state index contributed by atoms with van der Waals surface area (Å²) in [4.78, 5) is 10.5. The highest BCUT2D eigenvalue weighted by Gasteiger charge is 2.25. The molecule has 0 aromatic carbocycles. The molecule has 4 nitrogen and oxygen atoms in total. The van der Waals surface area contributed by atoms with Crippen molar-refractivity contribution in [1.82, 2.24) is 5.32 Å². The molecule has 0 saturated heterocycles. The summed E-state index contributed by atoms with van der Waals surface area (Å²) in [6.07, 6.45) is 0.869. The Balaban J connectivity index is 4.04. The number of nitrogens with one attached hydrogen (secondary N) is 1. The van der Waals surface area contributed by atoms with E-state index >= 15 is 0 Å². The van der Waals surface area contributed by atoms with Crippen LogP contribution in [0.1, 0.15) is 27.2 Å². The van der Waals surface area contributed by atoms with Gasteiger partial charge in [0.2, 0.25) is 0 Å². The highest BCUT2D eigenvalue weighted by Crippen LogP contribution is 2.23. The van der Waals surface area contributed by atoms with E-state index in [1.807, 2.05) is 6.92 Å². The number of nitrogens with two attached hydrogens (primary N) is 2. The molecule has 72 valence electrons. The van der Waals surface area contributed by atoms with Gasteiger partial charge in [0.05, 0.1) is 0 Å². The molecule has 5 N–H and O–H groups in total. The van der Waals surface area contributed by atoms with Crippen molar-refractivity contribution >= 4 is 6.03 Å². The average molecular weight is 173 g/mol. The predicted molar refractivity (Wildman–Crippen MR) is 49.6 cm³/mol. The molecule has 0 saturated carbocycles. The normalized spacial score (nSPS) is 14.0. The maximum Gasteiger partial charge on any atom is 0.312 e. The van der Waals surface area contributed by atoms with Crippen LogP contribution in [0.5, 0.6) is 0 Å². The van der Waals surface area contributed by atoms with Crippen molar-refractivity contribution in [3.63, 3.8) is 0 Å². The van der Waals surface area contributed by atoms with Gasteiger partial charge in [-0.15, -0.1) is 0 Å². The molecular formula is C8H19N3O. The third-order valence-corrected chi connectivity index (χ3v) is 2.32. The molecule has 4 heteroatoms. The second-order valence-electron chi connectivity index (χ2n) is 3.76. The summed E-state index contributed by atoms with van der Waals surface area (Å²) in [7, 11) is 0. The molecule has 1 atom stereocenters. The van der Waals surface area contributed by atoms with Gasteiger partial charge in [-0.1, -0.05) is 13.8 Å². The minimum atomic E-state index is -0.479. The van der Waals surface area contributed by atoms with Crippen LogP contribution >= 0.6 is 0 Å². The molecule has 0 aliphatic carbocycles. The van der Waals surface area contributed by atoms with Crippen LogP contribution in [-0.4, -0.2) is 18.6 Å². The van der Waals surface area contributed by atoms with E-state index in [1.165, 1.54) is 0 Å². The van der Waals surface area contributed by atoms with E-state index in [-0.39, 0.29) is 11.5 Å². The Morgan fingerprint density at radius 2 is 2.08 bits per heavy atom. The third kappa shape index (κ3) is 3.57. The molecule has 1 unspecified atom stereocenters. The largest absolute Gasteiger partial charge is 0.352 e. The summed E-state index contributed by atoms with van der Waals surface area (Å²) >= 11 is 0. The van der Waals surface area contributed by atoms with Crippen LogP contribution in [-0.2, 0) is 0 Å². The van der Waals surface area contributed by atoms with Crippen molar-refractivity contribution in [2.75, 3.05) is 6.54 Å². The highest BCUT2D eigenvalue weighted by molar-refractivity contribution is 5.71. The van der Waals surface area contributed by atoms with Crippen LogP contribution in [0, 0.1) is 5.41 Å². The lowest BCUT2D eigenvalue weighted by Crippen LogP contribution is -2.45. The fourth-order valence-electron chi connectivity index (χ4n) is 0.997. The van der Waals surface area contributed by atoms with Crippen molar-refractivity contribution in [1.29, 1.82) is 0 Å². The van der Waals surface area contributed by atoms with Gasteiger partial charge in [0.15, 0.2) is 0 Å². The first-order valence-electron chi connectivity index (χ1n) is 4.16. The minimum absolute atomic E-state index is 0.00375. The fraction of sp³-hybridized carbons (Fsp3) is 0.875. The Morgan fingerprint density at radius 3 is 2.42 bits per heavy atom. The van der Waals surface area contributed by atoms with Crippen LogP contribution in [0.15, 0.2) is 0 Å². The number of carbonyl (C=O) groups excluding carboxylic acids is 1. The zero-order chi connectivity index (χ0) is 9.78. The fourth-order valence-corrected chi connectivity index (χ4v) is 0.997. The van der Waals surface area contributed by atoms with Gasteiger partial charge in [0.25, 0.3) is 0 Å². The maximum absolute atomic E-state index is 10.5. The molecule has 0 heterocycles. The predicted octanol–water partition coefficient (Wildman–Crippen LogP) is 0.418. The van der Waals surface area contributed by atoms with Crippen molar-refractivity contribution in [2.45, 2.75) is 33.2 Å². The van der Waals surface area contributed by atoms with Gasteiger partial charge >= 0.3 is 6.03 Å². The van der Waals surface area contributed by atoms with Crippen molar-refractivity contribution in [3.05, 3.63) is 0 Å². The molecule has 12 heavy (non-hydrogen) atoms. The van der Waals surface area contributed by atoms with Gasteiger partial charge in [0, 0.05) is 6.04 Å². The van der Waals surface area contributed by atoms with Crippen molar-refractivity contribution in [3.8, 4) is 0 Å². The lowest BCUT2D eigenvalue weighted by Gasteiger charge is -2.31. The summed E-state index contributed by atoms with van der Waals surface area (Å²) in [5.41, 5.74) is 10.4. The number of hydrogen-bond donors (Lipinski definition) is 3. The second kappa shape index (κ2) is 4.30. The molecule has 0 aliphatic heterocycles. The summed E-state index contributed by atoms with van der Waals surface area (Å²) in [5.74, 6) is 0. The third-order valence-electron chi connectivity index (χ3n) is 2.32. The number of primary amides is 1. The number of carbonyl (C=O) groups is 1. The molecule has 0 aromatic rings. The van der Waals surface area contributed by atoms with Gasteiger partial charge in [0.1, 0.15) is 0 Å². The number of urea groups is 1. The zero-order valence-electron chi connectivity index (χ0n) is 8.05. The molecule has 0 aliphatic rings. The van der Waals surface area contributed by atoms with E-state index in [9.17, 15) is 4.79 Å². The lowest BCUT2D eigenvalue weighted by atomic mass is 9.82. The Bertz CT molecular complexity index is 156. The van der Waals surface area contributed by atoms with E-state index in [1.54, 1.807) is 0 Å². The van der Waals surface area contributed by atoms with Crippen LogP contribution in [0.2, 0.25) is 0 Å². The highest BCUT2D eigenvalue weighted by atomic mass is 16.2. The maximum atomic E-state index is 10.5. The molecule has 0 fully saturated rings. The molecule has 0 spiro atoms. The minimum Gasteiger partial charge on any atom is -0.352 e. The monoisotopic (exact) mass is 173 g/mol. The van der Waals surface area contributed by atoms with Gasteiger partial charge in [-0.05, 0) is 25.3 Å². The Hall–Kier alpha value is -0.770. The topological polar surface area (TPSA) is 81.1 Å². The number of amides is 2. The van der Waals surface area contributed by atoms with Crippen LogP contribution < -0.4 is 16.8 Å².